The van der Waals surface area contributed by atoms with Crippen LogP contribution < -0.4 is 5.32 Å². The monoisotopic (exact) mass is 225 g/mol. The third kappa shape index (κ3) is 1.61. The van der Waals surface area contributed by atoms with Crippen LogP contribution >= 0.6 is 0 Å². The molecule has 0 fully saturated rings. The third-order valence-corrected chi connectivity index (χ3v) is 3.34. The molecule has 1 atom stereocenters. The fraction of sp³-hybridized carbons (Fsp3) is 0.200. The van der Waals surface area contributed by atoms with Gasteiger partial charge in [-0.2, -0.15) is 0 Å². The normalized spacial score (nSPS) is 15.6. The Morgan fingerprint density at radius 2 is 1.41 bits per heavy atom. The van der Waals surface area contributed by atoms with Crippen molar-refractivity contribution < 1.29 is 5.11 Å². The van der Waals surface area contributed by atoms with Crippen LogP contribution in [0.2, 0.25) is 0 Å². The van der Waals surface area contributed by atoms with Gasteiger partial charge in [0.1, 0.15) is 0 Å². The Kier molecular flexibility index (Phi) is 2.37. The molecule has 0 spiro atoms. The average Bonchev–Trinajstić information content (AvgIpc) is 2.35. The van der Waals surface area contributed by atoms with Crippen LogP contribution in [-0.4, -0.2) is 11.2 Å². The summed E-state index contributed by atoms with van der Waals surface area (Å²) in [6, 6.07) is 16.3. The fourth-order valence-corrected chi connectivity index (χ4v) is 2.60. The van der Waals surface area contributed by atoms with Crippen LogP contribution in [0.15, 0.2) is 48.5 Å². The first-order chi connectivity index (χ1) is 8.27. The molecule has 1 aliphatic rings. The lowest BCUT2D eigenvalue weighted by atomic mass is 9.83. The maximum absolute atomic E-state index is 10.0. The first-order valence-corrected chi connectivity index (χ1v) is 5.90. The van der Waals surface area contributed by atoms with Crippen LogP contribution in [0.25, 0.3) is 0 Å². The van der Waals surface area contributed by atoms with Crippen molar-refractivity contribution in [2.75, 3.05) is 5.32 Å². The number of aliphatic hydroxyl groups excluding tert-OH is 1. The summed E-state index contributed by atoms with van der Waals surface area (Å²) in [6.07, 6.45) is -0.389. The van der Waals surface area contributed by atoms with Crippen LogP contribution in [0.3, 0.4) is 0 Å². The van der Waals surface area contributed by atoms with Crippen molar-refractivity contribution in [2.24, 2.45) is 0 Å². The highest BCUT2D eigenvalue weighted by molar-refractivity contribution is 5.73. The van der Waals surface area contributed by atoms with Crippen molar-refractivity contribution in [3.05, 3.63) is 59.7 Å². The van der Waals surface area contributed by atoms with Gasteiger partial charge in [0.2, 0.25) is 0 Å². The van der Waals surface area contributed by atoms with Crippen molar-refractivity contribution >= 4 is 11.4 Å². The standard InChI is InChI=1S/C15H15NO/c1-10(17)15-11-6-2-4-8-13(11)16-14-9-5-3-7-12(14)15/h2-10,15-17H,1H3. The van der Waals surface area contributed by atoms with Gasteiger partial charge in [-0.3, -0.25) is 0 Å². The quantitative estimate of drug-likeness (QED) is 0.780. The molecule has 0 radical (unpaired) electrons. The van der Waals surface area contributed by atoms with E-state index in [1.54, 1.807) is 0 Å². The topological polar surface area (TPSA) is 32.3 Å². The van der Waals surface area contributed by atoms with Gasteiger partial charge in [0.05, 0.1) is 6.10 Å². The van der Waals surface area contributed by atoms with Gasteiger partial charge in [0.25, 0.3) is 0 Å². The number of hydrogen-bond acceptors (Lipinski definition) is 2. The van der Waals surface area contributed by atoms with E-state index in [0.717, 1.165) is 11.4 Å². The molecule has 0 aliphatic carbocycles. The van der Waals surface area contributed by atoms with Crippen LogP contribution in [-0.2, 0) is 0 Å². The van der Waals surface area contributed by atoms with Gasteiger partial charge in [-0.25, -0.2) is 0 Å². The van der Waals surface area contributed by atoms with E-state index in [1.165, 1.54) is 11.1 Å². The number of para-hydroxylation sites is 2. The molecule has 0 saturated carbocycles. The molecule has 0 saturated heterocycles. The van der Waals surface area contributed by atoms with Crippen molar-refractivity contribution in [2.45, 2.75) is 18.9 Å². The lowest BCUT2D eigenvalue weighted by Gasteiger charge is -2.31. The van der Waals surface area contributed by atoms with Crippen LogP contribution in [0.5, 0.6) is 0 Å². The summed E-state index contributed by atoms with van der Waals surface area (Å²) in [7, 11) is 0. The molecular formula is C15H15NO. The number of benzene rings is 2. The van der Waals surface area contributed by atoms with Crippen molar-refractivity contribution in [1.29, 1.82) is 0 Å². The SMILES string of the molecule is CC(O)C1c2ccccc2Nc2ccccc21. The van der Waals surface area contributed by atoms with E-state index in [2.05, 4.69) is 29.6 Å². The third-order valence-electron chi connectivity index (χ3n) is 3.34. The molecule has 2 aromatic carbocycles. The van der Waals surface area contributed by atoms with Gasteiger partial charge < -0.3 is 10.4 Å². The second kappa shape index (κ2) is 3.90. The summed E-state index contributed by atoms with van der Waals surface area (Å²) in [5.74, 6) is 0.0589. The van der Waals surface area contributed by atoms with Crippen LogP contribution in [0, 0.1) is 0 Å². The molecule has 1 aliphatic heterocycles. The van der Waals surface area contributed by atoms with Crippen molar-refractivity contribution in [3.8, 4) is 0 Å². The van der Waals surface area contributed by atoms with Crippen molar-refractivity contribution in [1.82, 2.24) is 0 Å². The second-order valence-electron chi connectivity index (χ2n) is 4.52. The molecule has 0 amide bonds. The maximum atomic E-state index is 10.0. The van der Waals surface area contributed by atoms with E-state index in [4.69, 9.17) is 0 Å². The zero-order chi connectivity index (χ0) is 11.8. The smallest absolute Gasteiger partial charge is 0.0622 e. The lowest BCUT2D eigenvalue weighted by Crippen LogP contribution is -2.21. The summed E-state index contributed by atoms with van der Waals surface area (Å²) >= 11 is 0. The first kappa shape index (κ1) is 10.4. The second-order valence-corrected chi connectivity index (χ2v) is 4.52. The summed E-state index contributed by atoms with van der Waals surface area (Å²) < 4.78 is 0. The minimum atomic E-state index is -0.389. The number of anilines is 2. The molecule has 1 unspecified atom stereocenters. The zero-order valence-corrected chi connectivity index (χ0v) is 9.72. The van der Waals surface area contributed by atoms with Gasteiger partial charge in [-0.1, -0.05) is 36.4 Å². The number of rotatable bonds is 1. The van der Waals surface area contributed by atoms with Crippen LogP contribution in [0.4, 0.5) is 11.4 Å². The predicted molar refractivity (Wildman–Crippen MR) is 69.7 cm³/mol. The summed E-state index contributed by atoms with van der Waals surface area (Å²) in [5, 5.41) is 13.5. The Bertz CT molecular complexity index is 503. The Labute approximate surface area is 101 Å². The Morgan fingerprint density at radius 3 is 1.88 bits per heavy atom. The molecule has 0 aromatic heterocycles. The van der Waals surface area contributed by atoms with E-state index >= 15 is 0 Å². The lowest BCUT2D eigenvalue weighted by molar-refractivity contribution is 0.176. The largest absolute Gasteiger partial charge is 0.392 e. The number of nitrogens with one attached hydrogen (secondary N) is 1. The number of hydrogen-bond donors (Lipinski definition) is 2. The molecule has 2 nitrogen and oxygen atoms in total. The Hall–Kier alpha value is -1.80. The van der Waals surface area contributed by atoms with E-state index in [9.17, 15) is 5.11 Å². The molecular weight excluding hydrogens is 210 g/mol. The van der Waals surface area contributed by atoms with Gasteiger partial charge in [0.15, 0.2) is 0 Å². The van der Waals surface area contributed by atoms with Crippen molar-refractivity contribution in [3.63, 3.8) is 0 Å². The summed E-state index contributed by atoms with van der Waals surface area (Å²) in [6.45, 7) is 1.85. The van der Waals surface area contributed by atoms with E-state index in [1.807, 2.05) is 31.2 Å². The average molecular weight is 225 g/mol. The van der Waals surface area contributed by atoms with Gasteiger partial charge in [-0.15, -0.1) is 0 Å². The highest BCUT2D eigenvalue weighted by atomic mass is 16.3. The maximum Gasteiger partial charge on any atom is 0.0622 e. The number of fused-ring (bicyclic) bond motifs is 2. The molecule has 3 rings (SSSR count). The first-order valence-electron chi connectivity index (χ1n) is 5.90. The molecule has 2 N–H and O–H groups in total. The highest BCUT2D eigenvalue weighted by Gasteiger charge is 2.28. The molecule has 1 heterocycles. The van der Waals surface area contributed by atoms with Crippen LogP contribution in [0.1, 0.15) is 24.0 Å². The molecule has 2 aromatic rings. The van der Waals surface area contributed by atoms with E-state index in [-0.39, 0.29) is 12.0 Å². The molecule has 86 valence electrons. The van der Waals surface area contributed by atoms with Gasteiger partial charge >= 0.3 is 0 Å². The number of aliphatic hydroxyl groups is 1. The Balaban J connectivity index is 2.21. The minimum Gasteiger partial charge on any atom is -0.392 e. The fourth-order valence-electron chi connectivity index (χ4n) is 2.60. The highest BCUT2D eigenvalue weighted by Crippen LogP contribution is 2.42. The molecule has 0 bridgehead atoms. The minimum absolute atomic E-state index is 0.0589. The van der Waals surface area contributed by atoms with E-state index in [0.29, 0.717) is 0 Å². The Morgan fingerprint density at radius 1 is 0.941 bits per heavy atom. The molecule has 17 heavy (non-hydrogen) atoms. The van der Waals surface area contributed by atoms with Gasteiger partial charge in [-0.05, 0) is 30.2 Å². The zero-order valence-electron chi connectivity index (χ0n) is 9.72. The van der Waals surface area contributed by atoms with E-state index < -0.39 is 0 Å². The molecule has 2 heteroatoms. The van der Waals surface area contributed by atoms with Gasteiger partial charge in [0, 0.05) is 17.3 Å². The summed E-state index contributed by atoms with van der Waals surface area (Å²) in [4.78, 5) is 0. The predicted octanol–water partition coefficient (Wildman–Crippen LogP) is 3.26. The summed E-state index contributed by atoms with van der Waals surface area (Å²) in [5.41, 5.74) is 4.52.